The second-order valence-electron chi connectivity index (χ2n) is 4.20. The molecule has 1 atom stereocenters. The molecule has 2 rings (SSSR count). The molecule has 1 N–H and O–H groups in total. The van der Waals surface area contributed by atoms with Crippen LogP contribution in [-0.4, -0.2) is 47.4 Å². The summed E-state index contributed by atoms with van der Waals surface area (Å²) in [6.45, 7) is 3.37. The van der Waals surface area contributed by atoms with Crippen LogP contribution in [0.5, 0.6) is 0 Å². The third-order valence-electron chi connectivity index (χ3n) is 2.96. The molecule has 0 aromatic carbocycles. The number of hydrogen-bond donors (Lipinski definition) is 1. The standard InChI is InChI=1S/C11H15N3O4/c1-8-4-9(14(16)17)5-12-11(8)13-2-3-18-7-10(13)6-15/h4-5,10,15H,2-3,6-7H2,1H3. The highest BCUT2D eigenvalue weighted by Crippen LogP contribution is 2.24. The van der Waals surface area contributed by atoms with Gasteiger partial charge in [-0.15, -0.1) is 0 Å². The molecular weight excluding hydrogens is 238 g/mol. The zero-order chi connectivity index (χ0) is 13.1. The fourth-order valence-electron chi connectivity index (χ4n) is 2.04. The normalized spacial score (nSPS) is 19.9. The van der Waals surface area contributed by atoms with Crippen molar-refractivity contribution in [2.45, 2.75) is 13.0 Å². The first kappa shape index (κ1) is 12.7. The molecular formula is C11H15N3O4. The van der Waals surface area contributed by atoms with Gasteiger partial charge in [-0.25, -0.2) is 4.98 Å². The Morgan fingerprint density at radius 2 is 2.50 bits per heavy atom. The number of aliphatic hydroxyl groups is 1. The molecule has 7 heteroatoms. The van der Waals surface area contributed by atoms with Gasteiger partial charge in [-0.05, 0) is 12.5 Å². The Bertz CT molecular complexity index is 452. The largest absolute Gasteiger partial charge is 0.394 e. The van der Waals surface area contributed by atoms with Gasteiger partial charge in [0, 0.05) is 12.6 Å². The van der Waals surface area contributed by atoms with Crippen LogP contribution in [0.25, 0.3) is 0 Å². The number of rotatable bonds is 3. The van der Waals surface area contributed by atoms with Gasteiger partial charge in [0.1, 0.15) is 12.0 Å². The molecule has 1 fully saturated rings. The molecule has 0 aliphatic carbocycles. The molecule has 0 amide bonds. The first-order chi connectivity index (χ1) is 8.63. The Hall–Kier alpha value is -1.73. The summed E-state index contributed by atoms with van der Waals surface area (Å²) in [6, 6.07) is 1.35. The van der Waals surface area contributed by atoms with E-state index in [-0.39, 0.29) is 18.3 Å². The minimum absolute atomic E-state index is 0.0231. The number of nitro groups is 1. The lowest BCUT2D eigenvalue weighted by Crippen LogP contribution is -2.48. The molecule has 0 spiro atoms. The first-order valence-electron chi connectivity index (χ1n) is 5.69. The van der Waals surface area contributed by atoms with Crippen molar-refractivity contribution in [1.82, 2.24) is 4.98 Å². The Kier molecular flexibility index (Phi) is 3.73. The maximum absolute atomic E-state index is 10.7. The summed E-state index contributed by atoms with van der Waals surface area (Å²) in [5.41, 5.74) is 0.703. The van der Waals surface area contributed by atoms with E-state index in [0.717, 1.165) is 5.56 Å². The molecule has 1 aromatic heterocycles. The Morgan fingerprint density at radius 3 is 3.11 bits per heavy atom. The highest BCUT2D eigenvalue weighted by Gasteiger charge is 2.25. The third-order valence-corrected chi connectivity index (χ3v) is 2.96. The minimum atomic E-state index is -0.466. The highest BCUT2D eigenvalue weighted by molar-refractivity contribution is 5.51. The summed E-state index contributed by atoms with van der Waals surface area (Å²) in [6.07, 6.45) is 1.24. The second kappa shape index (κ2) is 5.28. The summed E-state index contributed by atoms with van der Waals surface area (Å²) >= 11 is 0. The molecule has 1 aliphatic rings. The minimum Gasteiger partial charge on any atom is -0.394 e. The maximum Gasteiger partial charge on any atom is 0.287 e. The van der Waals surface area contributed by atoms with Crippen molar-refractivity contribution in [1.29, 1.82) is 0 Å². The molecule has 1 aromatic rings. The van der Waals surface area contributed by atoms with E-state index in [0.29, 0.717) is 25.6 Å². The predicted octanol–water partition coefficient (Wildman–Crippen LogP) is 0.496. The summed E-state index contributed by atoms with van der Waals surface area (Å²) in [5.74, 6) is 0.669. The van der Waals surface area contributed by atoms with Crippen LogP contribution in [0.3, 0.4) is 0 Å². The van der Waals surface area contributed by atoms with E-state index in [4.69, 9.17) is 4.74 Å². The van der Waals surface area contributed by atoms with Crippen molar-refractivity contribution in [3.8, 4) is 0 Å². The average Bonchev–Trinajstić information content (AvgIpc) is 2.38. The number of nitrogens with zero attached hydrogens (tertiary/aromatic N) is 3. The van der Waals surface area contributed by atoms with E-state index < -0.39 is 4.92 Å². The van der Waals surface area contributed by atoms with Crippen molar-refractivity contribution in [2.24, 2.45) is 0 Å². The molecule has 0 bridgehead atoms. The van der Waals surface area contributed by atoms with E-state index in [9.17, 15) is 15.2 Å². The lowest BCUT2D eigenvalue weighted by molar-refractivity contribution is -0.385. The van der Waals surface area contributed by atoms with Gasteiger partial charge < -0.3 is 14.7 Å². The number of morpholine rings is 1. The van der Waals surface area contributed by atoms with Gasteiger partial charge in [-0.1, -0.05) is 0 Å². The average molecular weight is 253 g/mol. The number of anilines is 1. The van der Waals surface area contributed by atoms with E-state index in [2.05, 4.69) is 4.98 Å². The van der Waals surface area contributed by atoms with E-state index in [1.54, 1.807) is 6.92 Å². The number of pyridine rings is 1. The lowest BCUT2D eigenvalue weighted by atomic mass is 10.2. The number of ether oxygens (including phenoxy) is 1. The fourth-order valence-corrected chi connectivity index (χ4v) is 2.04. The van der Waals surface area contributed by atoms with Crippen LogP contribution in [0.4, 0.5) is 11.5 Å². The summed E-state index contributed by atoms with van der Waals surface area (Å²) in [5, 5.41) is 20.0. The van der Waals surface area contributed by atoms with Crippen molar-refractivity contribution >= 4 is 11.5 Å². The predicted molar refractivity (Wildman–Crippen MR) is 64.7 cm³/mol. The van der Waals surface area contributed by atoms with Gasteiger partial charge in [0.2, 0.25) is 0 Å². The van der Waals surface area contributed by atoms with Crippen LogP contribution in [0.1, 0.15) is 5.56 Å². The zero-order valence-corrected chi connectivity index (χ0v) is 10.1. The molecule has 0 radical (unpaired) electrons. The van der Waals surface area contributed by atoms with Gasteiger partial charge in [-0.3, -0.25) is 10.1 Å². The van der Waals surface area contributed by atoms with Crippen molar-refractivity contribution in [3.63, 3.8) is 0 Å². The van der Waals surface area contributed by atoms with Gasteiger partial charge in [0.15, 0.2) is 0 Å². The Morgan fingerprint density at radius 1 is 1.72 bits per heavy atom. The number of aryl methyl sites for hydroxylation is 1. The van der Waals surface area contributed by atoms with Crippen molar-refractivity contribution in [3.05, 3.63) is 27.9 Å². The number of aliphatic hydroxyl groups excluding tert-OH is 1. The molecule has 7 nitrogen and oxygen atoms in total. The van der Waals surface area contributed by atoms with E-state index >= 15 is 0 Å². The van der Waals surface area contributed by atoms with Crippen LogP contribution in [0.2, 0.25) is 0 Å². The van der Waals surface area contributed by atoms with Gasteiger partial charge >= 0.3 is 0 Å². The van der Waals surface area contributed by atoms with Crippen LogP contribution in [0, 0.1) is 17.0 Å². The highest BCUT2D eigenvalue weighted by atomic mass is 16.6. The lowest BCUT2D eigenvalue weighted by Gasteiger charge is -2.36. The van der Waals surface area contributed by atoms with Crippen LogP contribution in [0.15, 0.2) is 12.3 Å². The topological polar surface area (TPSA) is 88.7 Å². The molecule has 1 unspecified atom stereocenters. The third kappa shape index (κ3) is 2.41. The van der Waals surface area contributed by atoms with Crippen molar-refractivity contribution in [2.75, 3.05) is 31.3 Å². The smallest absolute Gasteiger partial charge is 0.287 e. The fraction of sp³-hybridized carbons (Fsp3) is 0.545. The summed E-state index contributed by atoms with van der Waals surface area (Å²) < 4.78 is 5.29. The second-order valence-corrected chi connectivity index (χ2v) is 4.20. The first-order valence-corrected chi connectivity index (χ1v) is 5.69. The van der Waals surface area contributed by atoms with Crippen LogP contribution < -0.4 is 4.90 Å². The maximum atomic E-state index is 10.7. The monoisotopic (exact) mass is 253 g/mol. The molecule has 1 saturated heterocycles. The Balaban J connectivity index is 2.29. The summed E-state index contributed by atoms with van der Waals surface area (Å²) in [4.78, 5) is 16.3. The number of hydrogen-bond acceptors (Lipinski definition) is 6. The van der Waals surface area contributed by atoms with Gasteiger partial charge in [0.05, 0.1) is 30.8 Å². The Labute approximate surface area is 104 Å². The van der Waals surface area contributed by atoms with Crippen LogP contribution >= 0.6 is 0 Å². The van der Waals surface area contributed by atoms with Gasteiger partial charge in [-0.2, -0.15) is 0 Å². The number of aromatic nitrogens is 1. The zero-order valence-electron chi connectivity index (χ0n) is 10.1. The van der Waals surface area contributed by atoms with E-state index in [1.807, 2.05) is 4.90 Å². The van der Waals surface area contributed by atoms with Crippen molar-refractivity contribution < 1.29 is 14.8 Å². The molecule has 2 heterocycles. The molecule has 0 saturated carbocycles. The molecule has 18 heavy (non-hydrogen) atoms. The summed E-state index contributed by atoms with van der Waals surface area (Å²) in [7, 11) is 0. The van der Waals surface area contributed by atoms with Gasteiger partial charge in [0.25, 0.3) is 5.69 Å². The molecule has 98 valence electrons. The quantitative estimate of drug-likeness (QED) is 0.623. The SMILES string of the molecule is Cc1cc([N+](=O)[O-])cnc1N1CCOCC1CO. The van der Waals surface area contributed by atoms with Crippen LogP contribution in [-0.2, 0) is 4.74 Å². The molecule has 1 aliphatic heterocycles. The van der Waals surface area contributed by atoms with E-state index in [1.165, 1.54) is 12.3 Å².